The highest BCUT2D eigenvalue weighted by Gasteiger charge is 2.21. The van der Waals surface area contributed by atoms with Crippen LogP contribution in [0.5, 0.6) is 0 Å². The Labute approximate surface area is 92.5 Å². The molecule has 0 heterocycles. The lowest BCUT2D eigenvalue weighted by molar-refractivity contribution is 0.0972. The van der Waals surface area contributed by atoms with Crippen molar-refractivity contribution < 1.29 is 4.79 Å². The predicted octanol–water partition coefficient (Wildman–Crippen LogP) is 2.75. The van der Waals surface area contributed by atoms with Gasteiger partial charge in [0, 0.05) is 12.0 Å². The fraction of sp³-hybridized carbons (Fsp3) is 0.462. The fourth-order valence-corrected chi connectivity index (χ4v) is 3.26. The fourth-order valence-electron chi connectivity index (χ4n) is 2.09. The lowest BCUT2D eigenvalue weighted by Crippen LogP contribution is -2.38. The van der Waals surface area contributed by atoms with Crippen LogP contribution in [0, 0.1) is 0 Å². The molecule has 0 saturated carbocycles. The SMILES string of the molecule is C[Si](C)(C)c1ccc2c(c1)C(=O)CCC2. The minimum absolute atomic E-state index is 0.344. The van der Waals surface area contributed by atoms with E-state index in [0.717, 1.165) is 24.8 Å². The zero-order valence-electron chi connectivity index (χ0n) is 9.76. The minimum Gasteiger partial charge on any atom is -0.294 e. The molecule has 80 valence electrons. The van der Waals surface area contributed by atoms with Gasteiger partial charge in [-0.1, -0.05) is 43.0 Å². The number of benzene rings is 1. The highest BCUT2D eigenvalue weighted by molar-refractivity contribution is 6.88. The predicted molar refractivity (Wildman–Crippen MR) is 66.7 cm³/mol. The second-order valence-corrected chi connectivity index (χ2v) is 10.5. The van der Waals surface area contributed by atoms with Crippen molar-refractivity contribution in [3.8, 4) is 0 Å². The number of fused-ring (bicyclic) bond motifs is 1. The molecule has 2 heteroatoms. The van der Waals surface area contributed by atoms with Crippen molar-refractivity contribution in [2.75, 3.05) is 0 Å². The number of rotatable bonds is 1. The Bertz CT molecular complexity index is 401. The van der Waals surface area contributed by atoms with Crippen molar-refractivity contribution in [2.24, 2.45) is 0 Å². The van der Waals surface area contributed by atoms with Gasteiger partial charge in [-0.25, -0.2) is 0 Å². The molecule has 2 rings (SSSR count). The van der Waals surface area contributed by atoms with Gasteiger partial charge in [-0.3, -0.25) is 4.79 Å². The maximum atomic E-state index is 11.8. The normalized spacial score (nSPS) is 16.3. The van der Waals surface area contributed by atoms with Crippen molar-refractivity contribution in [1.29, 1.82) is 0 Å². The Kier molecular flexibility index (Phi) is 2.55. The molecule has 0 spiro atoms. The smallest absolute Gasteiger partial charge is 0.163 e. The highest BCUT2D eigenvalue weighted by atomic mass is 28.3. The van der Waals surface area contributed by atoms with Crippen LogP contribution >= 0.6 is 0 Å². The van der Waals surface area contributed by atoms with E-state index in [0.29, 0.717) is 5.78 Å². The summed E-state index contributed by atoms with van der Waals surface area (Å²) in [6.45, 7) is 6.96. The highest BCUT2D eigenvalue weighted by Crippen LogP contribution is 2.20. The third-order valence-electron chi connectivity index (χ3n) is 3.13. The van der Waals surface area contributed by atoms with Crippen LogP contribution in [0.25, 0.3) is 0 Å². The first kappa shape index (κ1) is 10.6. The monoisotopic (exact) mass is 218 g/mol. The Balaban J connectivity index is 2.49. The summed E-state index contributed by atoms with van der Waals surface area (Å²) in [6, 6.07) is 6.55. The van der Waals surface area contributed by atoms with E-state index < -0.39 is 8.07 Å². The first-order valence-electron chi connectivity index (χ1n) is 5.65. The van der Waals surface area contributed by atoms with E-state index >= 15 is 0 Å². The third-order valence-corrected chi connectivity index (χ3v) is 5.17. The molecule has 0 amide bonds. The molecule has 0 atom stereocenters. The van der Waals surface area contributed by atoms with Crippen molar-refractivity contribution in [1.82, 2.24) is 0 Å². The zero-order valence-corrected chi connectivity index (χ0v) is 10.8. The van der Waals surface area contributed by atoms with Gasteiger partial charge in [0.2, 0.25) is 0 Å². The van der Waals surface area contributed by atoms with E-state index in [2.05, 4.69) is 37.8 Å². The minimum atomic E-state index is -1.27. The van der Waals surface area contributed by atoms with Crippen molar-refractivity contribution >= 4 is 19.0 Å². The van der Waals surface area contributed by atoms with Gasteiger partial charge < -0.3 is 0 Å². The lowest BCUT2D eigenvalue weighted by atomic mass is 9.91. The molecule has 1 aromatic rings. The van der Waals surface area contributed by atoms with Gasteiger partial charge in [-0.15, -0.1) is 0 Å². The summed E-state index contributed by atoms with van der Waals surface area (Å²) in [5, 5.41) is 1.40. The second kappa shape index (κ2) is 3.60. The maximum absolute atomic E-state index is 11.8. The largest absolute Gasteiger partial charge is 0.294 e. The zero-order chi connectivity index (χ0) is 11.1. The average molecular weight is 218 g/mol. The summed E-state index contributed by atoms with van der Waals surface area (Å²) in [6.07, 6.45) is 2.84. The molecule has 0 saturated heterocycles. The van der Waals surface area contributed by atoms with Crippen LogP contribution in [0.2, 0.25) is 19.6 Å². The van der Waals surface area contributed by atoms with Gasteiger partial charge in [0.05, 0.1) is 8.07 Å². The van der Waals surface area contributed by atoms with Crippen LogP contribution < -0.4 is 5.19 Å². The molecule has 0 N–H and O–H groups in total. The number of Topliss-reactive ketones (excluding diaryl/α,β-unsaturated/α-hetero) is 1. The first-order valence-corrected chi connectivity index (χ1v) is 9.15. The van der Waals surface area contributed by atoms with Crippen LogP contribution in [0.15, 0.2) is 18.2 Å². The number of aryl methyl sites for hydroxylation is 1. The molecule has 1 aliphatic rings. The summed E-state index contributed by atoms with van der Waals surface area (Å²) >= 11 is 0. The Morgan fingerprint density at radius 2 is 1.87 bits per heavy atom. The quantitative estimate of drug-likeness (QED) is 0.662. The molecule has 15 heavy (non-hydrogen) atoms. The van der Waals surface area contributed by atoms with Crippen molar-refractivity contribution in [3.63, 3.8) is 0 Å². The van der Waals surface area contributed by atoms with E-state index in [1.807, 2.05) is 0 Å². The van der Waals surface area contributed by atoms with Gasteiger partial charge >= 0.3 is 0 Å². The number of ketones is 1. The second-order valence-electron chi connectivity index (χ2n) is 5.40. The van der Waals surface area contributed by atoms with E-state index in [1.54, 1.807) is 0 Å². The molecule has 1 aromatic carbocycles. The van der Waals surface area contributed by atoms with Gasteiger partial charge in [0.25, 0.3) is 0 Å². The van der Waals surface area contributed by atoms with Crippen LogP contribution in [-0.4, -0.2) is 13.9 Å². The van der Waals surface area contributed by atoms with Crippen molar-refractivity contribution in [3.05, 3.63) is 29.3 Å². The Hall–Kier alpha value is -0.893. The molecule has 0 bridgehead atoms. The van der Waals surface area contributed by atoms with E-state index in [1.165, 1.54) is 10.8 Å². The summed E-state index contributed by atoms with van der Waals surface area (Å²) in [7, 11) is -1.27. The number of hydrogen-bond acceptors (Lipinski definition) is 1. The topological polar surface area (TPSA) is 17.1 Å². The first-order chi connectivity index (χ1) is 6.98. The molecule has 0 fully saturated rings. The van der Waals surface area contributed by atoms with E-state index in [-0.39, 0.29) is 0 Å². The van der Waals surface area contributed by atoms with E-state index in [9.17, 15) is 4.79 Å². The summed E-state index contributed by atoms with van der Waals surface area (Å²) in [5.74, 6) is 0.344. The molecule has 0 aromatic heterocycles. The standard InChI is InChI=1S/C13H18OSi/c1-15(2,3)11-8-7-10-5-4-6-13(14)12(10)9-11/h7-9H,4-6H2,1-3H3. The van der Waals surface area contributed by atoms with Gasteiger partial charge in [-0.2, -0.15) is 0 Å². The number of carbonyl (C=O) groups excluding carboxylic acids is 1. The molecule has 0 unspecified atom stereocenters. The molecule has 0 aliphatic heterocycles. The Morgan fingerprint density at radius 3 is 2.53 bits per heavy atom. The average Bonchev–Trinajstić information content (AvgIpc) is 2.16. The van der Waals surface area contributed by atoms with Gasteiger partial charge in [-0.05, 0) is 18.4 Å². The molecular formula is C13H18OSi. The summed E-state index contributed by atoms with van der Waals surface area (Å²) < 4.78 is 0. The molecule has 1 nitrogen and oxygen atoms in total. The third kappa shape index (κ3) is 2.05. The van der Waals surface area contributed by atoms with Crippen LogP contribution in [0.1, 0.15) is 28.8 Å². The molecular weight excluding hydrogens is 200 g/mol. The summed E-state index contributed by atoms with van der Waals surface area (Å²) in [4.78, 5) is 11.8. The number of hydrogen-bond donors (Lipinski definition) is 0. The van der Waals surface area contributed by atoms with Crippen LogP contribution in [-0.2, 0) is 6.42 Å². The lowest BCUT2D eigenvalue weighted by Gasteiger charge is -2.21. The molecule has 1 aliphatic carbocycles. The Morgan fingerprint density at radius 1 is 1.13 bits per heavy atom. The van der Waals surface area contributed by atoms with Gasteiger partial charge in [0.15, 0.2) is 5.78 Å². The van der Waals surface area contributed by atoms with Crippen LogP contribution in [0.3, 0.4) is 0 Å². The van der Waals surface area contributed by atoms with Gasteiger partial charge in [0.1, 0.15) is 0 Å². The summed E-state index contributed by atoms with van der Waals surface area (Å²) in [5.41, 5.74) is 2.26. The number of carbonyl (C=O) groups is 1. The van der Waals surface area contributed by atoms with Crippen molar-refractivity contribution in [2.45, 2.75) is 38.9 Å². The van der Waals surface area contributed by atoms with E-state index in [4.69, 9.17) is 0 Å². The van der Waals surface area contributed by atoms with Crippen LogP contribution in [0.4, 0.5) is 0 Å². The maximum Gasteiger partial charge on any atom is 0.163 e. The molecule has 0 radical (unpaired) electrons.